The standard InChI is InChI=1S/C19H20N2O3/c1-13-21-16-8-7-14(11-18(16)24-13)12-19(22)20-10-9-15-5-3-4-6-17(15)23-2/h3-8,11H,9-10,12H2,1-2H3,(H,20,22). The van der Waals surface area contributed by atoms with Gasteiger partial charge in [0, 0.05) is 13.5 Å². The van der Waals surface area contributed by atoms with Crippen LogP contribution in [0.3, 0.4) is 0 Å². The average Bonchev–Trinajstić information content (AvgIpc) is 2.94. The van der Waals surface area contributed by atoms with E-state index in [1.807, 2.05) is 49.4 Å². The third kappa shape index (κ3) is 3.74. The fraction of sp³-hybridized carbons (Fsp3) is 0.263. The molecular weight excluding hydrogens is 304 g/mol. The molecule has 0 bridgehead atoms. The van der Waals surface area contributed by atoms with Gasteiger partial charge in [-0.2, -0.15) is 0 Å². The molecule has 0 spiro atoms. The Morgan fingerprint density at radius 1 is 1.25 bits per heavy atom. The molecule has 24 heavy (non-hydrogen) atoms. The van der Waals surface area contributed by atoms with Crippen LogP contribution in [-0.4, -0.2) is 24.5 Å². The largest absolute Gasteiger partial charge is 0.496 e. The molecule has 2 aromatic carbocycles. The smallest absolute Gasteiger partial charge is 0.224 e. The number of methoxy groups -OCH3 is 1. The van der Waals surface area contributed by atoms with E-state index in [0.29, 0.717) is 24.4 Å². The lowest BCUT2D eigenvalue weighted by Gasteiger charge is -2.09. The molecule has 0 radical (unpaired) electrons. The molecule has 0 atom stereocenters. The van der Waals surface area contributed by atoms with Crippen molar-refractivity contribution in [1.82, 2.24) is 10.3 Å². The number of hydrogen-bond donors (Lipinski definition) is 1. The number of amides is 1. The number of carbonyl (C=O) groups excluding carboxylic acids is 1. The SMILES string of the molecule is COc1ccccc1CCNC(=O)Cc1ccc2nc(C)oc2c1. The van der Waals surface area contributed by atoms with Crippen molar-refractivity contribution in [3.63, 3.8) is 0 Å². The Bertz CT molecular complexity index is 855. The molecule has 0 aliphatic carbocycles. The van der Waals surface area contributed by atoms with E-state index in [-0.39, 0.29) is 5.91 Å². The minimum absolute atomic E-state index is 0.0134. The molecule has 1 N–H and O–H groups in total. The zero-order valence-corrected chi connectivity index (χ0v) is 13.8. The van der Waals surface area contributed by atoms with Gasteiger partial charge in [0.25, 0.3) is 0 Å². The van der Waals surface area contributed by atoms with Crippen LogP contribution in [0.15, 0.2) is 46.9 Å². The number of fused-ring (bicyclic) bond motifs is 1. The van der Waals surface area contributed by atoms with Crippen molar-refractivity contribution in [2.24, 2.45) is 0 Å². The van der Waals surface area contributed by atoms with Crippen LogP contribution in [0.25, 0.3) is 11.1 Å². The second-order valence-corrected chi connectivity index (χ2v) is 5.62. The maximum absolute atomic E-state index is 12.1. The summed E-state index contributed by atoms with van der Waals surface area (Å²) in [5, 5.41) is 2.94. The molecule has 0 saturated carbocycles. The van der Waals surface area contributed by atoms with Crippen molar-refractivity contribution in [1.29, 1.82) is 0 Å². The molecule has 3 aromatic rings. The van der Waals surface area contributed by atoms with Crippen LogP contribution in [0.2, 0.25) is 0 Å². The lowest BCUT2D eigenvalue weighted by molar-refractivity contribution is -0.120. The number of ether oxygens (including phenoxy) is 1. The number of nitrogens with one attached hydrogen (secondary N) is 1. The van der Waals surface area contributed by atoms with E-state index in [1.165, 1.54) is 0 Å². The van der Waals surface area contributed by atoms with Crippen molar-refractivity contribution in [2.75, 3.05) is 13.7 Å². The third-order valence-electron chi connectivity index (χ3n) is 3.83. The van der Waals surface area contributed by atoms with Gasteiger partial charge >= 0.3 is 0 Å². The average molecular weight is 324 g/mol. The van der Waals surface area contributed by atoms with Crippen molar-refractivity contribution < 1.29 is 13.9 Å². The molecule has 3 rings (SSSR count). The number of rotatable bonds is 6. The van der Waals surface area contributed by atoms with Gasteiger partial charge < -0.3 is 14.5 Å². The number of carbonyl (C=O) groups is 1. The summed E-state index contributed by atoms with van der Waals surface area (Å²) in [6.45, 7) is 2.38. The normalized spacial score (nSPS) is 10.8. The van der Waals surface area contributed by atoms with Crippen LogP contribution in [0.4, 0.5) is 0 Å². The highest BCUT2D eigenvalue weighted by atomic mass is 16.5. The highest BCUT2D eigenvalue weighted by Gasteiger charge is 2.08. The number of hydrogen-bond acceptors (Lipinski definition) is 4. The van der Waals surface area contributed by atoms with E-state index in [2.05, 4.69) is 10.3 Å². The molecule has 5 heteroatoms. The predicted octanol–water partition coefficient (Wildman–Crippen LogP) is 3.05. The van der Waals surface area contributed by atoms with Gasteiger partial charge in [-0.3, -0.25) is 4.79 Å². The van der Waals surface area contributed by atoms with Gasteiger partial charge in [-0.15, -0.1) is 0 Å². The number of para-hydroxylation sites is 1. The molecule has 5 nitrogen and oxygen atoms in total. The minimum atomic E-state index is -0.0134. The summed E-state index contributed by atoms with van der Waals surface area (Å²) in [7, 11) is 1.65. The lowest BCUT2D eigenvalue weighted by Crippen LogP contribution is -2.27. The van der Waals surface area contributed by atoms with E-state index in [1.54, 1.807) is 7.11 Å². The Labute approximate surface area is 140 Å². The highest BCUT2D eigenvalue weighted by molar-refractivity contribution is 5.81. The fourth-order valence-electron chi connectivity index (χ4n) is 2.69. The molecular formula is C19H20N2O3. The zero-order chi connectivity index (χ0) is 16.9. The molecule has 1 amide bonds. The van der Waals surface area contributed by atoms with Crippen LogP contribution in [0.1, 0.15) is 17.0 Å². The molecule has 0 aliphatic heterocycles. The van der Waals surface area contributed by atoms with Gasteiger partial charge in [-0.25, -0.2) is 4.98 Å². The van der Waals surface area contributed by atoms with Gasteiger partial charge in [0.1, 0.15) is 11.3 Å². The second-order valence-electron chi connectivity index (χ2n) is 5.62. The van der Waals surface area contributed by atoms with Crippen LogP contribution in [-0.2, 0) is 17.6 Å². The second kappa shape index (κ2) is 7.17. The monoisotopic (exact) mass is 324 g/mol. The molecule has 1 heterocycles. The van der Waals surface area contributed by atoms with Gasteiger partial charge in [-0.05, 0) is 35.7 Å². The Morgan fingerprint density at radius 3 is 2.92 bits per heavy atom. The van der Waals surface area contributed by atoms with Crippen molar-refractivity contribution in [3.05, 3.63) is 59.5 Å². The van der Waals surface area contributed by atoms with Gasteiger partial charge in [0.15, 0.2) is 11.5 Å². The first-order valence-corrected chi connectivity index (χ1v) is 7.90. The van der Waals surface area contributed by atoms with Crippen molar-refractivity contribution in [3.8, 4) is 5.75 Å². The maximum Gasteiger partial charge on any atom is 0.224 e. The minimum Gasteiger partial charge on any atom is -0.496 e. The summed E-state index contributed by atoms with van der Waals surface area (Å²) in [5.41, 5.74) is 3.52. The van der Waals surface area contributed by atoms with E-state index < -0.39 is 0 Å². The van der Waals surface area contributed by atoms with Gasteiger partial charge in [0.05, 0.1) is 13.5 Å². The number of nitrogens with zero attached hydrogens (tertiary/aromatic N) is 1. The summed E-state index contributed by atoms with van der Waals surface area (Å²) < 4.78 is 10.8. The first kappa shape index (κ1) is 16.1. The highest BCUT2D eigenvalue weighted by Crippen LogP contribution is 2.18. The molecule has 0 aliphatic rings. The van der Waals surface area contributed by atoms with E-state index in [4.69, 9.17) is 9.15 Å². The Morgan fingerprint density at radius 2 is 2.08 bits per heavy atom. The predicted molar refractivity (Wildman–Crippen MR) is 92.2 cm³/mol. The van der Waals surface area contributed by atoms with E-state index >= 15 is 0 Å². The summed E-state index contributed by atoms with van der Waals surface area (Å²) in [5.74, 6) is 1.46. The van der Waals surface area contributed by atoms with Crippen LogP contribution in [0.5, 0.6) is 5.75 Å². The first-order valence-electron chi connectivity index (χ1n) is 7.90. The Hall–Kier alpha value is -2.82. The quantitative estimate of drug-likeness (QED) is 0.757. The summed E-state index contributed by atoms with van der Waals surface area (Å²) in [6, 6.07) is 13.5. The van der Waals surface area contributed by atoms with Gasteiger partial charge in [-0.1, -0.05) is 24.3 Å². The van der Waals surface area contributed by atoms with E-state index in [0.717, 1.165) is 28.8 Å². The lowest BCUT2D eigenvalue weighted by atomic mass is 10.1. The summed E-state index contributed by atoms with van der Waals surface area (Å²) in [4.78, 5) is 16.4. The van der Waals surface area contributed by atoms with Crippen molar-refractivity contribution >= 4 is 17.0 Å². The molecule has 124 valence electrons. The molecule has 1 aromatic heterocycles. The number of aryl methyl sites for hydroxylation is 1. The van der Waals surface area contributed by atoms with Crippen LogP contribution < -0.4 is 10.1 Å². The summed E-state index contributed by atoms with van der Waals surface area (Å²) >= 11 is 0. The summed E-state index contributed by atoms with van der Waals surface area (Å²) in [6.07, 6.45) is 1.05. The third-order valence-corrected chi connectivity index (χ3v) is 3.83. The maximum atomic E-state index is 12.1. The van der Waals surface area contributed by atoms with Gasteiger partial charge in [0.2, 0.25) is 5.91 Å². The zero-order valence-electron chi connectivity index (χ0n) is 13.8. The molecule has 0 saturated heterocycles. The first-order chi connectivity index (χ1) is 11.7. The number of benzene rings is 2. The van der Waals surface area contributed by atoms with Crippen LogP contribution in [0, 0.1) is 6.92 Å². The molecule has 0 unspecified atom stereocenters. The number of aromatic nitrogens is 1. The van der Waals surface area contributed by atoms with Crippen molar-refractivity contribution in [2.45, 2.75) is 19.8 Å². The topological polar surface area (TPSA) is 64.4 Å². The Balaban J connectivity index is 1.55. The number of oxazole rings is 1. The van der Waals surface area contributed by atoms with E-state index in [9.17, 15) is 4.79 Å². The fourth-order valence-corrected chi connectivity index (χ4v) is 2.69. The molecule has 0 fully saturated rings. The Kier molecular flexibility index (Phi) is 4.79. The van der Waals surface area contributed by atoms with Crippen LogP contribution >= 0.6 is 0 Å².